The molecule has 0 aromatic heterocycles. The SMILES string of the molecule is CC(=O)N1c2ccc(C)cc2C(CBr)=CC1(C)C. The number of carbonyl (C=O) groups excluding carboxylic acids is 1. The zero-order valence-corrected chi connectivity index (χ0v) is 12.8. The van der Waals surface area contributed by atoms with Crippen molar-refractivity contribution in [3.8, 4) is 0 Å². The van der Waals surface area contributed by atoms with E-state index in [1.165, 1.54) is 11.1 Å². The predicted molar refractivity (Wildman–Crippen MR) is 80.2 cm³/mol. The van der Waals surface area contributed by atoms with Crippen LogP contribution in [0.5, 0.6) is 0 Å². The number of nitrogens with zero attached hydrogens (tertiary/aromatic N) is 1. The molecule has 0 saturated carbocycles. The summed E-state index contributed by atoms with van der Waals surface area (Å²) in [7, 11) is 0. The highest BCUT2D eigenvalue weighted by atomic mass is 79.9. The summed E-state index contributed by atoms with van der Waals surface area (Å²) in [4.78, 5) is 13.8. The maximum absolute atomic E-state index is 11.9. The van der Waals surface area contributed by atoms with E-state index in [2.05, 4.69) is 54.9 Å². The highest BCUT2D eigenvalue weighted by molar-refractivity contribution is 9.09. The van der Waals surface area contributed by atoms with Crippen molar-refractivity contribution in [2.24, 2.45) is 0 Å². The van der Waals surface area contributed by atoms with Gasteiger partial charge in [0.05, 0.1) is 11.2 Å². The van der Waals surface area contributed by atoms with Gasteiger partial charge in [-0.15, -0.1) is 0 Å². The maximum atomic E-state index is 11.9. The minimum atomic E-state index is -0.281. The Bertz CT molecular complexity index is 531. The van der Waals surface area contributed by atoms with Crippen molar-refractivity contribution in [1.82, 2.24) is 0 Å². The molecule has 0 atom stereocenters. The molecule has 1 aromatic carbocycles. The number of rotatable bonds is 1. The molecule has 18 heavy (non-hydrogen) atoms. The number of anilines is 1. The van der Waals surface area contributed by atoms with Crippen molar-refractivity contribution in [1.29, 1.82) is 0 Å². The van der Waals surface area contributed by atoms with Crippen molar-refractivity contribution < 1.29 is 4.79 Å². The van der Waals surface area contributed by atoms with Crippen LogP contribution in [-0.2, 0) is 4.79 Å². The molecule has 1 heterocycles. The molecule has 0 radical (unpaired) electrons. The molecule has 0 bridgehead atoms. The maximum Gasteiger partial charge on any atom is 0.224 e. The molecule has 1 aromatic rings. The van der Waals surface area contributed by atoms with E-state index in [0.29, 0.717) is 0 Å². The second-order valence-electron chi connectivity index (χ2n) is 5.33. The van der Waals surface area contributed by atoms with Crippen LogP contribution in [-0.4, -0.2) is 16.8 Å². The lowest BCUT2D eigenvalue weighted by atomic mass is 9.88. The lowest BCUT2D eigenvalue weighted by Crippen LogP contribution is -2.48. The topological polar surface area (TPSA) is 20.3 Å². The summed E-state index contributed by atoms with van der Waals surface area (Å²) in [5.41, 5.74) is 4.34. The van der Waals surface area contributed by atoms with Gasteiger partial charge in [-0.1, -0.05) is 33.6 Å². The van der Waals surface area contributed by atoms with Crippen molar-refractivity contribution in [3.63, 3.8) is 0 Å². The number of hydrogen-bond acceptors (Lipinski definition) is 1. The van der Waals surface area contributed by atoms with E-state index < -0.39 is 0 Å². The Balaban J connectivity index is 2.69. The van der Waals surface area contributed by atoms with Crippen LogP contribution in [0.25, 0.3) is 5.57 Å². The third kappa shape index (κ3) is 2.12. The standard InChI is InChI=1S/C15H18BrNO/c1-10-5-6-14-13(7-10)12(9-16)8-15(3,4)17(14)11(2)18/h5-8H,9H2,1-4H3. The first-order valence-electron chi connectivity index (χ1n) is 6.06. The lowest BCUT2D eigenvalue weighted by Gasteiger charge is -2.41. The third-order valence-electron chi connectivity index (χ3n) is 3.30. The first kappa shape index (κ1) is 13.3. The van der Waals surface area contributed by atoms with Crippen molar-refractivity contribution in [2.45, 2.75) is 33.2 Å². The number of fused-ring (bicyclic) bond motifs is 1. The van der Waals surface area contributed by atoms with Gasteiger partial charge < -0.3 is 4.90 Å². The lowest BCUT2D eigenvalue weighted by molar-refractivity contribution is -0.117. The molecular weight excluding hydrogens is 290 g/mol. The Morgan fingerprint density at radius 2 is 2.06 bits per heavy atom. The molecular formula is C15H18BrNO. The molecule has 0 saturated heterocycles. The summed E-state index contributed by atoms with van der Waals surface area (Å²) in [6.45, 7) is 7.84. The first-order chi connectivity index (χ1) is 8.36. The third-order valence-corrected chi connectivity index (χ3v) is 3.91. The summed E-state index contributed by atoms with van der Waals surface area (Å²) < 4.78 is 0. The Kier molecular flexibility index (Phi) is 3.37. The van der Waals surface area contributed by atoms with Crippen LogP contribution < -0.4 is 4.90 Å². The van der Waals surface area contributed by atoms with Gasteiger partial charge >= 0.3 is 0 Å². The number of halogens is 1. The molecule has 96 valence electrons. The van der Waals surface area contributed by atoms with E-state index in [1.54, 1.807) is 6.92 Å². The summed E-state index contributed by atoms with van der Waals surface area (Å²) in [5.74, 6) is 0.0787. The average Bonchev–Trinajstić information content (AvgIpc) is 2.27. The number of alkyl halides is 1. The largest absolute Gasteiger partial charge is 0.303 e. The summed E-state index contributed by atoms with van der Waals surface area (Å²) in [6.07, 6.45) is 2.17. The molecule has 3 heteroatoms. The van der Waals surface area contributed by atoms with Crippen LogP contribution in [0.2, 0.25) is 0 Å². The van der Waals surface area contributed by atoms with E-state index >= 15 is 0 Å². The summed E-state index contributed by atoms with van der Waals surface area (Å²) in [5, 5.41) is 0.804. The van der Waals surface area contributed by atoms with Crippen molar-refractivity contribution >= 4 is 33.1 Å². The van der Waals surface area contributed by atoms with Gasteiger partial charge in [0, 0.05) is 17.8 Å². The zero-order valence-electron chi connectivity index (χ0n) is 11.2. The molecule has 2 nitrogen and oxygen atoms in total. The molecule has 1 amide bonds. The Morgan fingerprint density at radius 1 is 1.39 bits per heavy atom. The number of carbonyl (C=O) groups is 1. The van der Waals surface area contributed by atoms with Crippen LogP contribution in [0.4, 0.5) is 5.69 Å². The fourth-order valence-corrected chi connectivity index (χ4v) is 3.13. The van der Waals surface area contributed by atoms with Gasteiger partial charge in [0.2, 0.25) is 5.91 Å². The van der Waals surface area contributed by atoms with Crippen LogP contribution in [0, 0.1) is 6.92 Å². The molecule has 0 spiro atoms. The van der Waals surface area contributed by atoms with Gasteiger partial charge in [-0.25, -0.2) is 0 Å². The Morgan fingerprint density at radius 3 is 2.61 bits per heavy atom. The minimum Gasteiger partial charge on any atom is -0.303 e. The summed E-state index contributed by atoms with van der Waals surface area (Å²) in [6, 6.07) is 6.25. The smallest absolute Gasteiger partial charge is 0.224 e. The van der Waals surface area contributed by atoms with Crippen LogP contribution in [0.3, 0.4) is 0 Å². The predicted octanol–water partition coefficient (Wildman–Crippen LogP) is 3.92. The van der Waals surface area contributed by atoms with Crippen LogP contribution >= 0.6 is 15.9 Å². The van der Waals surface area contributed by atoms with Gasteiger partial charge in [-0.2, -0.15) is 0 Å². The highest BCUT2D eigenvalue weighted by Crippen LogP contribution is 2.40. The second-order valence-corrected chi connectivity index (χ2v) is 5.89. The van der Waals surface area contributed by atoms with Crippen LogP contribution in [0.1, 0.15) is 31.9 Å². The monoisotopic (exact) mass is 307 g/mol. The highest BCUT2D eigenvalue weighted by Gasteiger charge is 2.34. The fourth-order valence-electron chi connectivity index (χ4n) is 2.67. The molecule has 2 rings (SSSR count). The fraction of sp³-hybridized carbons (Fsp3) is 0.400. The number of hydrogen-bond donors (Lipinski definition) is 0. The second kappa shape index (κ2) is 4.54. The van der Waals surface area contributed by atoms with Crippen LogP contribution in [0.15, 0.2) is 24.3 Å². The zero-order chi connectivity index (χ0) is 13.5. The number of aryl methyl sites for hydroxylation is 1. The van der Waals surface area contributed by atoms with Crippen molar-refractivity contribution in [3.05, 3.63) is 35.4 Å². The van der Waals surface area contributed by atoms with Crippen molar-refractivity contribution in [2.75, 3.05) is 10.2 Å². The number of allylic oxidation sites excluding steroid dienone is 1. The Hall–Kier alpha value is -1.09. The van der Waals surface area contributed by atoms with Gasteiger partial charge in [0.15, 0.2) is 0 Å². The molecule has 1 aliphatic heterocycles. The average molecular weight is 308 g/mol. The van der Waals surface area contributed by atoms with Gasteiger partial charge in [0.1, 0.15) is 0 Å². The summed E-state index contributed by atoms with van der Waals surface area (Å²) >= 11 is 3.54. The molecule has 0 N–H and O–H groups in total. The van der Waals surface area contributed by atoms with E-state index in [1.807, 2.05) is 11.0 Å². The molecule has 0 unspecified atom stereocenters. The molecule has 0 aliphatic carbocycles. The number of amides is 1. The Labute approximate surface area is 117 Å². The van der Waals surface area contributed by atoms with Gasteiger partial charge in [-0.3, -0.25) is 4.79 Å². The number of benzene rings is 1. The van der Waals surface area contributed by atoms with E-state index in [4.69, 9.17) is 0 Å². The molecule has 1 aliphatic rings. The minimum absolute atomic E-state index is 0.0787. The quantitative estimate of drug-likeness (QED) is 0.720. The van der Waals surface area contributed by atoms with Gasteiger partial charge in [-0.05, 0) is 38.5 Å². The van der Waals surface area contributed by atoms with E-state index in [-0.39, 0.29) is 11.4 Å². The first-order valence-corrected chi connectivity index (χ1v) is 7.18. The van der Waals surface area contributed by atoms with E-state index in [0.717, 1.165) is 16.6 Å². The van der Waals surface area contributed by atoms with E-state index in [9.17, 15) is 4.79 Å². The molecule has 0 fully saturated rings. The van der Waals surface area contributed by atoms with Gasteiger partial charge in [0.25, 0.3) is 0 Å². The normalized spacial score (nSPS) is 17.2.